The molecule has 1 aliphatic heterocycles. The van der Waals surface area contributed by atoms with Gasteiger partial charge in [0.05, 0.1) is 0 Å². The van der Waals surface area contributed by atoms with Crippen molar-refractivity contribution >= 4 is 11.7 Å². The number of amides is 1. The Hall–Kier alpha value is -1.58. The van der Waals surface area contributed by atoms with Crippen LogP contribution in [0.5, 0.6) is 5.75 Å². The Labute approximate surface area is 69.8 Å². The fourth-order valence-corrected chi connectivity index (χ4v) is 1.05. The van der Waals surface area contributed by atoms with Crippen LogP contribution in [0.4, 0.5) is 5.82 Å². The third-order valence-electron chi connectivity index (χ3n) is 1.74. The molecule has 0 N–H and O–H groups in total. The van der Waals surface area contributed by atoms with E-state index in [9.17, 15) is 4.79 Å². The number of carbonyl (C=O) groups excluding carboxylic acids is 1. The quantitative estimate of drug-likeness (QED) is 0.550. The van der Waals surface area contributed by atoms with Crippen LogP contribution in [0.2, 0.25) is 0 Å². The highest BCUT2D eigenvalue weighted by Crippen LogP contribution is 2.26. The average molecular weight is 163 g/mol. The van der Waals surface area contributed by atoms with Crippen LogP contribution in [0.1, 0.15) is 0 Å². The number of rotatable bonds is 0. The maximum Gasteiger partial charge on any atom is 0.265 e. The second kappa shape index (κ2) is 2.48. The Bertz CT molecular complexity index is 325. The zero-order valence-corrected chi connectivity index (χ0v) is 6.57. The third-order valence-corrected chi connectivity index (χ3v) is 1.74. The molecule has 4 nitrogen and oxygen atoms in total. The lowest BCUT2D eigenvalue weighted by atomic mass is 10.3. The molecule has 0 saturated heterocycles. The van der Waals surface area contributed by atoms with Crippen LogP contribution < -0.4 is 9.64 Å². The number of fused-ring (bicyclic) bond motifs is 1. The molecule has 2 heterocycles. The molecule has 1 aromatic rings. The van der Waals surface area contributed by atoms with E-state index in [0.717, 1.165) is 0 Å². The molecule has 1 radical (unpaired) electrons. The summed E-state index contributed by atoms with van der Waals surface area (Å²) in [5.41, 5.74) is 0. The number of carbonyl (C=O) groups is 1. The van der Waals surface area contributed by atoms with Crippen molar-refractivity contribution < 1.29 is 9.53 Å². The maximum absolute atomic E-state index is 11.1. The van der Waals surface area contributed by atoms with Crippen molar-refractivity contribution in [2.75, 3.05) is 18.6 Å². The van der Waals surface area contributed by atoms with Crippen LogP contribution >= 0.6 is 0 Å². The van der Waals surface area contributed by atoms with Gasteiger partial charge in [-0.2, -0.15) is 0 Å². The fraction of sp³-hybridized carbons (Fsp3) is 0.250. The van der Waals surface area contributed by atoms with Gasteiger partial charge in [0.25, 0.3) is 5.91 Å². The van der Waals surface area contributed by atoms with Gasteiger partial charge in [0.2, 0.25) is 0 Å². The maximum atomic E-state index is 11.1. The largest absolute Gasteiger partial charge is 0.480 e. The first kappa shape index (κ1) is 7.09. The highest BCUT2D eigenvalue weighted by atomic mass is 16.5. The molecule has 0 spiro atoms. The SMILES string of the molecule is CN1C(=O)COc2c[c]cnc21. The molecule has 0 bridgehead atoms. The van der Waals surface area contributed by atoms with Gasteiger partial charge in [-0.3, -0.25) is 9.69 Å². The van der Waals surface area contributed by atoms with E-state index >= 15 is 0 Å². The molecule has 61 valence electrons. The van der Waals surface area contributed by atoms with Crippen molar-refractivity contribution in [1.82, 2.24) is 4.98 Å². The Morgan fingerprint density at radius 1 is 1.75 bits per heavy atom. The summed E-state index contributed by atoms with van der Waals surface area (Å²) in [6, 6.07) is 4.45. The summed E-state index contributed by atoms with van der Waals surface area (Å²) in [6.45, 7) is 0.0863. The highest BCUT2D eigenvalue weighted by molar-refractivity contribution is 5.95. The van der Waals surface area contributed by atoms with Gasteiger partial charge in [-0.05, 0) is 6.07 Å². The van der Waals surface area contributed by atoms with Gasteiger partial charge >= 0.3 is 0 Å². The lowest BCUT2D eigenvalue weighted by molar-refractivity contribution is -0.121. The average Bonchev–Trinajstić information content (AvgIpc) is 2.12. The van der Waals surface area contributed by atoms with Gasteiger partial charge in [-0.1, -0.05) is 0 Å². The molecule has 0 atom stereocenters. The molecular formula is C8H7N2O2. The predicted octanol–water partition coefficient (Wildman–Crippen LogP) is 0.237. The van der Waals surface area contributed by atoms with Crippen LogP contribution in [0.15, 0.2) is 12.3 Å². The molecule has 0 fully saturated rings. The summed E-state index contributed by atoms with van der Waals surface area (Å²) in [7, 11) is 1.68. The molecular weight excluding hydrogens is 156 g/mol. The number of hydrogen-bond acceptors (Lipinski definition) is 3. The first-order valence-corrected chi connectivity index (χ1v) is 3.54. The van der Waals surface area contributed by atoms with E-state index in [1.807, 2.05) is 0 Å². The number of ether oxygens (including phenoxy) is 1. The predicted molar refractivity (Wildman–Crippen MR) is 42.0 cm³/mol. The minimum absolute atomic E-state index is 0.0822. The molecule has 0 aromatic carbocycles. The Kier molecular flexibility index (Phi) is 1.46. The monoisotopic (exact) mass is 163 g/mol. The topological polar surface area (TPSA) is 42.4 Å². The van der Waals surface area contributed by atoms with E-state index in [4.69, 9.17) is 4.74 Å². The molecule has 2 rings (SSSR count). The summed E-state index contributed by atoms with van der Waals surface area (Å²) in [6.07, 6.45) is 1.51. The van der Waals surface area contributed by atoms with E-state index in [1.165, 1.54) is 11.1 Å². The van der Waals surface area contributed by atoms with Crippen LogP contribution in [0.25, 0.3) is 0 Å². The molecule has 1 aromatic heterocycles. The van der Waals surface area contributed by atoms with Crippen LogP contribution in [0, 0.1) is 6.07 Å². The molecule has 0 unspecified atom stereocenters. The molecule has 4 heteroatoms. The van der Waals surface area contributed by atoms with Gasteiger partial charge in [-0.25, -0.2) is 4.98 Å². The van der Waals surface area contributed by atoms with Crippen LogP contribution in [0.3, 0.4) is 0 Å². The third kappa shape index (κ3) is 0.922. The van der Waals surface area contributed by atoms with E-state index in [-0.39, 0.29) is 12.5 Å². The number of hydrogen-bond donors (Lipinski definition) is 0. The second-order valence-corrected chi connectivity index (χ2v) is 2.50. The fourth-order valence-electron chi connectivity index (χ4n) is 1.05. The normalized spacial score (nSPS) is 15.4. The summed E-state index contributed by atoms with van der Waals surface area (Å²) in [5.74, 6) is 1.09. The van der Waals surface area contributed by atoms with E-state index in [1.54, 1.807) is 13.1 Å². The van der Waals surface area contributed by atoms with Gasteiger partial charge in [0, 0.05) is 19.3 Å². The summed E-state index contributed by atoms with van der Waals surface area (Å²) < 4.78 is 5.12. The lowest BCUT2D eigenvalue weighted by Crippen LogP contribution is -2.36. The van der Waals surface area contributed by atoms with E-state index in [0.29, 0.717) is 11.6 Å². The minimum Gasteiger partial charge on any atom is -0.480 e. The Balaban J connectivity index is 2.48. The van der Waals surface area contributed by atoms with Gasteiger partial charge in [-0.15, -0.1) is 0 Å². The minimum atomic E-state index is -0.0822. The van der Waals surface area contributed by atoms with Crippen molar-refractivity contribution in [2.45, 2.75) is 0 Å². The molecule has 1 aliphatic rings. The number of aromatic nitrogens is 1. The number of nitrogens with zero attached hydrogens (tertiary/aromatic N) is 2. The molecule has 1 amide bonds. The van der Waals surface area contributed by atoms with Gasteiger partial charge < -0.3 is 4.74 Å². The second-order valence-electron chi connectivity index (χ2n) is 2.50. The van der Waals surface area contributed by atoms with E-state index < -0.39 is 0 Å². The van der Waals surface area contributed by atoms with Crippen molar-refractivity contribution in [2.24, 2.45) is 0 Å². The first-order chi connectivity index (χ1) is 5.79. The molecule has 12 heavy (non-hydrogen) atoms. The smallest absolute Gasteiger partial charge is 0.265 e. The zero-order chi connectivity index (χ0) is 8.55. The van der Waals surface area contributed by atoms with Crippen LogP contribution in [-0.4, -0.2) is 24.5 Å². The Morgan fingerprint density at radius 3 is 3.42 bits per heavy atom. The lowest BCUT2D eigenvalue weighted by Gasteiger charge is -2.23. The first-order valence-electron chi connectivity index (χ1n) is 3.54. The summed E-state index contributed by atoms with van der Waals surface area (Å²) in [5, 5.41) is 0. The van der Waals surface area contributed by atoms with E-state index in [2.05, 4.69) is 11.1 Å². The van der Waals surface area contributed by atoms with Crippen molar-refractivity contribution in [1.29, 1.82) is 0 Å². The van der Waals surface area contributed by atoms with Crippen molar-refractivity contribution in [3.63, 3.8) is 0 Å². The highest BCUT2D eigenvalue weighted by Gasteiger charge is 2.22. The standard InChI is InChI=1S/C8H7N2O2/c1-10-7(11)5-12-6-3-2-4-9-8(6)10/h3-4H,5H2,1H3. The summed E-state index contributed by atoms with van der Waals surface area (Å²) >= 11 is 0. The van der Waals surface area contributed by atoms with Gasteiger partial charge in [0.15, 0.2) is 18.2 Å². The number of pyridine rings is 1. The van der Waals surface area contributed by atoms with Crippen molar-refractivity contribution in [3.05, 3.63) is 18.3 Å². The van der Waals surface area contributed by atoms with Crippen LogP contribution in [-0.2, 0) is 4.79 Å². The van der Waals surface area contributed by atoms with Gasteiger partial charge in [0.1, 0.15) is 0 Å². The number of anilines is 1. The zero-order valence-electron chi connectivity index (χ0n) is 6.57. The van der Waals surface area contributed by atoms with Crippen molar-refractivity contribution in [3.8, 4) is 5.75 Å². The molecule has 0 aliphatic carbocycles. The Morgan fingerprint density at radius 2 is 2.58 bits per heavy atom. The summed E-state index contributed by atoms with van der Waals surface area (Å²) in [4.78, 5) is 16.6. The number of likely N-dealkylation sites (N-methyl/N-ethyl adjacent to an activating group) is 1. The molecule has 0 saturated carbocycles.